The maximum atomic E-state index is 13.6. The Labute approximate surface area is 129 Å². The lowest BCUT2D eigenvalue weighted by Gasteiger charge is -2.17. The van der Waals surface area contributed by atoms with Gasteiger partial charge in [-0.25, -0.2) is 4.39 Å². The third kappa shape index (κ3) is 5.13. The minimum atomic E-state index is -3.94. The van der Waals surface area contributed by atoms with Crippen LogP contribution in [0, 0.1) is 12.7 Å². The van der Waals surface area contributed by atoms with E-state index in [2.05, 4.69) is 4.74 Å². The van der Waals surface area contributed by atoms with E-state index >= 15 is 0 Å². The highest BCUT2D eigenvalue weighted by molar-refractivity contribution is 5.93. The molecule has 4 nitrogen and oxygen atoms in total. The van der Waals surface area contributed by atoms with Crippen LogP contribution < -0.4 is 10.5 Å². The summed E-state index contributed by atoms with van der Waals surface area (Å²) in [7, 11) is 0. The number of hydrogen-bond acceptors (Lipinski definition) is 4. The molecule has 0 aliphatic carbocycles. The first-order chi connectivity index (χ1) is 10.3. The van der Waals surface area contributed by atoms with Crippen LogP contribution in [0.25, 0.3) is 10.8 Å². The number of fused-ring (bicyclic) bond motifs is 1. The number of benzene rings is 2. The van der Waals surface area contributed by atoms with E-state index in [0.717, 1.165) is 6.07 Å². The summed E-state index contributed by atoms with van der Waals surface area (Å²) in [5.41, 5.74) is 6.62. The van der Waals surface area contributed by atoms with Crippen LogP contribution in [0.4, 0.5) is 14.5 Å². The third-order valence-corrected chi connectivity index (χ3v) is 2.47. The topological polar surface area (TPSA) is 75.7 Å². The molecule has 124 valence electrons. The Balaban J connectivity index is 0.00000102. The molecule has 22 heavy (non-hydrogen) atoms. The predicted molar refractivity (Wildman–Crippen MR) is 84.7 cm³/mol. The van der Waals surface area contributed by atoms with E-state index in [9.17, 15) is 8.78 Å². The largest absolute Gasteiger partial charge is 0.492 e. The molecule has 0 amide bonds. The van der Waals surface area contributed by atoms with Gasteiger partial charge in [0.05, 0.1) is 0 Å². The molecule has 0 heterocycles. The van der Waals surface area contributed by atoms with Gasteiger partial charge < -0.3 is 20.7 Å². The Kier molecular flexibility index (Phi) is 7.76. The normalized spacial score (nSPS) is 10.2. The number of ether oxygens (including phenoxy) is 1. The lowest BCUT2D eigenvalue weighted by molar-refractivity contribution is -0.375. The number of alkyl halides is 1. The van der Waals surface area contributed by atoms with Crippen molar-refractivity contribution in [2.75, 3.05) is 5.73 Å². The Bertz CT molecular complexity index is 610. The Morgan fingerprint density at radius 1 is 1.09 bits per heavy atom. The van der Waals surface area contributed by atoms with Crippen LogP contribution in [0.15, 0.2) is 24.3 Å². The van der Waals surface area contributed by atoms with Crippen molar-refractivity contribution < 1.29 is 23.7 Å². The van der Waals surface area contributed by atoms with E-state index in [1.54, 1.807) is 19.1 Å². The molecule has 0 aliphatic heterocycles. The summed E-state index contributed by atoms with van der Waals surface area (Å²) in [6, 6.07) is 5.56. The molecule has 6 heteroatoms. The molecule has 2 aromatic rings. The highest BCUT2D eigenvalue weighted by Gasteiger charge is 2.27. The molecule has 0 aliphatic rings. The Hall–Kier alpha value is -1.92. The molecule has 0 radical (unpaired) electrons. The van der Waals surface area contributed by atoms with Crippen molar-refractivity contribution in [3.8, 4) is 5.75 Å². The maximum Gasteiger partial charge on any atom is 0.492 e. The average Bonchev–Trinajstić information content (AvgIpc) is 2.45. The molecule has 0 fully saturated rings. The molecular formula is C16H23F2NO3. The van der Waals surface area contributed by atoms with Crippen LogP contribution in [-0.2, 0) is 0 Å². The van der Waals surface area contributed by atoms with Gasteiger partial charge in [0.15, 0.2) is 11.6 Å². The summed E-state index contributed by atoms with van der Waals surface area (Å²) in [5, 5.41) is 17.9. The SMILES string of the molecule is CC.CC.Cc1cc(N)cc2ccc(F)c(OC(O)(O)F)c12. The number of aliphatic hydroxyl groups is 2. The summed E-state index contributed by atoms with van der Waals surface area (Å²) in [5.74, 6) is -1.47. The summed E-state index contributed by atoms with van der Waals surface area (Å²) in [4.78, 5) is 0. The molecule has 0 saturated heterocycles. The average molecular weight is 315 g/mol. The number of hydrogen-bond donors (Lipinski definition) is 3. The summed E-state index contributed by atoms with van der Waals surface area (Å²) >= 11 is 0. The van der Waals surface area contributed by atoms with Crippen LogP contribution in [0.2, 0.25) is 0 Å². The molecule has 4 N–H and O–H groups in total. The number of anilines is 1. The lowest BCUT2D eigenvalue weighted by Crippen LogP contribution is -2.29. The van der Waals surface area contributed by atoms with Gasteiger partial charge >= 0.3 is 6.23 Å². The smallest absolute Gasteiger partial charge is 0.409 e. The molecule has 0 spiro atoms. The van der Waals surface area contributed by atoms with E-state index in [0.29, 0.717) is 16.6 Å². The van der Waals surface area contributed by atoms with Gasteiger partial charge in [-0.1, -0.05) is 33.8 Å². The fourth-order valence-corrected chi connectivity index (χ4v) is 1.87. The van der Waals surface area contributed by atoms with Gasteiger partial charge in [-0.15, -0.1) is 4.39 Å². The zero-order valence-electron chi connectivity index (χ0n) is 13.4. The minimum absolute atomic E-state index is 0.231. The number of nitrogen functional groups attached to an aromatic ring is 1. The first-order valence-electron chi connectivity index (χ1n) is 7.09. The Morgan fingerprint density at radius 3 is 2.14 bits per heavy atom. The molecular weight excluding hydrogens is 292 g/mol. The van der Waals surface area contributed by atoms with Gasteiger partial charge in [-0.05, 0) is 36.1 Å². The third-order valence-electron chi connectivity index (χ3n) is 2.47. The van der Waals surface area contributed by atoms with Gasteiger partial charge in [-0.3, -0.25) is 0 Å². The minimum Gasteiger partial charge on any atom is -0.409 e. The van der Waals surface area contributed by atoms with Crippen molar-refractivity contribution in [1.82, 2.24) is 0 Å². The van der Waals surface area contributed by atoms with Crippen LogP contribution in [-0.4, -0.2) is 16.4 Å². The molecule has 2 aromatic carbocycles. The van der Waals surface area contributed by atoms with E-state index in [4.69, 9.17) is 15.9 Å². The maximum absolute atomic E-state index is 13.6. The summed E-state index contributed by atoms with van der Waals surface area (Å²) in [6.45, 7) is 9.62. The van der Waals surface area contributed by atoms with Crippen LogP contribution in [0.5, 0.6) is 5.75 Å². The van der Waals surface area contributed by atoms with Gasteiger partial charge in [0, 0.05) is 11.1 Å². The van der Waals surface area contributed by atoms with Crippen LogP contribution >= 0.6 is 0 Å². The second-order valence-electron chi connectivity index (χ2n) is 3.94. The highest BCUT2D eigenvalue weighted by Crippen LogP contribution is 2.34. The molecule has 0 saturated carbocycles. The van der Waals surface area contributed by atoms with Crippen molar-refractivity contribution in [2.45, 2.75) is 40.8 Å². The lowest BCUT2D eigenvalue weighted by atomic mass is 10.0. The first-order valence-corrected chi connectivity index (χ1v) is 7.09. The molecule has 0 bridgehead atoms. The van der Waals surface area contributed by atoms with Gasteiger partial charge in [0.1, 0.15) is 0 Å². The fraction of sp³-hybridized carbons (Fsp3) is 0.375. The first kappa shape index (κ1) is 20.1. The second kappa shape index (κ2) is 8.51. The quantitative estimate of drug-likeness (QED) is 0.581. The standard InChI is InChI=1S/C12H11F2NO3.2C2H6/c1-6-4-8(15)5-7-2-3-9(13)11(10(6)7)18-12(14,16)17;2*1-2/h2-5,16-17H,15H2,1H3;2*1-2H3. The Morgan fingerprint density at radius 2 is 1.64 bits per heavy atom. The number of aryl methyl sites for hydroxylation is 1. The van der Waals surface area contributed by atoms with E-state index in [1.165, 1.54) is 6.07 Å². The highest BCUT2D eigenvalue weighted by atomic mass is 19.2. The second-order valence-corrected chi connectivity index (χ2v) is 3.94. The molecule has 0 atom stereocenters. The predicted octanol–water partition coefficient (Wildman–Crippen LogP) is 3.87. The monoisotopic (exact) mass is 315 g/mol. The van der Waals surface area contributed by atoms with Crippen molar-refractivity contribution in [1.29, 1.82) is 0 Å². The van der Waals surface area contributed by atoms with Crippen LogP contribution in [0.1, 0.15) is 33.3 Å². The summed E-state index contributed by atoms with van der Waals surface area (Å²) < 4.78 is 30.5. The number of halogens is 2. The fourth-order valence-electron chi connectivity index (χ4n) is 1.87. The molecule has 0 aromatic heterocycles. The van der Waals surface area contributed by atoms with E-state index < -0.39 is 17.8 Å². The van der Waals surface area contributed by atoms with Crippen molar-refractivity contribution in [3.05, 3.63) is 35.6 Å². The molecule has 2 rings (SSSR count). The van der Waals surface area contributed by atoms with E-state index in [-0.39, 0.29) is 5.39 Å². The molecule has 0 unspecified atom stereocenters. The van der Waals surface area contributed by atoms with Gasteiger partial charge in [0.25, 0.3) is 0 Å². The summed E-state index contributed by atoms with van der Waals surface area (Å²) in [6.07, 6.45) is -3.94. The van der Waals surface area contributed by atoms with Crippen LogP contribution in [0.3, 0.4) is 0 Å². The van der Waals surface area contributed by atoms with Gasteiger partial charge in [-0.2, -0.15) is 0 Å². The van der Waals surface area contributed by atoms with Crippen molar-refractivity contribution in [3.63, 3.8) is 0 Å². The number of nitrogens with two attached hydrogens (primary N) is 1. The zero-order chi connectivity index (χ0) is 17.5. The van der Waals surface area contributed by atoms with E-state index in [1.807, 2.05) is 27.7 Å². The van der Waals surface area contributed by atoms with Crippen molar-refractivity contribution in [2.24, 2.45) is 0 Å². The zero-order valence-corrected chi connectivity index (χ0v) is 13.4. The van der Waals surface area contributed by atoms with Crippen molar-refractivity contribution >= 4 is 16.5 Å². The van der Waals surface area contributed by atoms with Gasteiger partial charge in [0.2, 0.25) is 0 Å². The number of rotatable bonds is 2.